The number of carbonyl (C=O) groups excluding carboxylic acids is 1. The number of nitrogens with one attached hydrogen (secondary N) is 1. The molecule has 1 aromatic heterocycles. The Hall–Kier alpha value is -2.14. The van der Waals surface area contributed by atoms with E-state index in [2.05, 4.69) is 10.3 Å². The average Bonchev–Trinajstić information content (AvgIpc) is 3.17. The van der Waals surface area contributed by atoms with Gasteiger partial charge in [0.1, 0.15) is 0 Å². The molecule has 1 aliphatic rings. The molecule has 0 bridgehead atoms. The normalized spacial score (nSPS) is 24.3. The Kier molecular flexibility index (Phi) is 4.53. The summed E-state index contributed by atoms with van der Waals surface area (Å²) >= 11 is 0. The quantitative estimate of drug-likeness (QED) is 0.883. The van der Waals surface area contributed by atoms with Crippen LogP contribution in [0.1, 0.15) is 30.9 Å². The SMILES string of the molecule is O=C(CCc1ccccc1)N[C@@H]1CC[C@@H](n2ccnc2)[C@@H]1O. The van der Waals surface area contributed by atoms with Crippen LogP contribution in [0.4, 0.5) is 0 Å². The minimum Gasteiger partial charge on any atom is -0.389 e. The Morgan fingerprint density at radius 2 is 2.14 bits per heavy atom. The van der Waals surface area contributed by atoms with Crippen molar-refractivity contribution >= 4 is 5.91 Å². The molecular weight excluding hydrogens is 278 g/mol. The first-order valence-corrected chi connectivity index (χ1v) is 7.73. The fourth-order valence-corrected chi connectivity index (χ4v) is 3.09. The predicted molar refractivity (Wildman–Crippen MR) is 83.2 cm³/mol. The van der Waals surface area contributed by atoms with E-state index in [4.69, 9.17) is 0 Å². The van der Waals surface area contributed by atoms with Gasteiger partial charge in [0.15, 0.2) is 0 Å². The first kappa shape index (κ1) is 14.8. The third kappa shape index (κ3) is 3.36. The van der Waals surface area contributed by atoms with Gasteiger partial charge in [0.2, 0.25) is 5.91 Å². The minimum absolute atomic E-state index is 0.000755. The largest absolute Gasteiger partial charge is 0.389 e. The van der Waals surface area contributed by atoms with Crippen molar-refractivity contribution in [1.82, 2.24) is 14.9 Å². The van der Waals surface area contributed by atoms with E-state index in [1.807, 2.05) is 41.1 Å². The van der Waals surface area contributed by atoms with Gasteiger partial charge in [-0.2, -0.15) is 0 Å². The highest BCUT2D eigenvalue weighted by molar-refractivity contribution is 5.76. The third-order valence-corrected chi connectivity index (χ3v) is 4.32. The highest BCUT2D eigenvalue weighted by Gasteiger charge is 2.36. The van der Waals surface area contributed by atoms with E-state index in [9.17, 15) is 9.90 Å². The van der Waals surface area contributed by atoms with E-state index in [-0.39, 0.29) is 18.0 Å². The molecule has 116 valence electrons. The second kappa shape index (κ2) is 6.75. The number of aryl methyl sites for hydroxylation is 1. The lowest BCUT2D eigenvalue weighted by Gasteiger charge is -2.21. The number of aliphatic hydroxyl groups is 1. The van der Waals surface area contributed by atoms with Gasteiger partial charge < -0.3 is 15.0 Å². The van der Waals surface area contributed by atoms with Crippen LogP contribution in [0.2, 0.25) is 0 Å². The first-order valence-electron chi connectivity index (χ1n) is 7.73. The smallest absolute Gasteiger partial charge is 0.220 e. The number of hydrogen-bond acceptors (Lipinski definition) is 3. The van der Waals surface area contributed by atoms with Crippen molar-refractivity contribution in [2.45, 2.75) is 43.9 Å². The lowest BCUT2D eigenvalue weighted by molar-refractivity contribution is -0.122. The van der Waals surface area contributed by atoms with Crippen molar-refractivity contribution < 1.29 is 9.90 Å². The van der Waals surface area contributed by atoms with Crippen LogP contribution in [0.15, 0.2) is 49.1 Å². The number of nitrogens with zero attached hydrogens (tertiary/aromatic N) is 2. The summed E-state index contributed by atoms with van der Waals surface area (Å²) in [5, 5.41) is 13.4. The van der Waals surface area contributed by atoms with E-state index >= 15 is 0 Å². The Morgan fingerprint density at radius 1 is 1.32 bits per heavy atom. The zero-order valence-electron chi connectivity index (χ0n) is 12.4. The highest BCUT2D eigenvalue weighted by Crippen LogP contribution is 2.30. The summed E-state index contributed by atoms with van der Waals surface area (Å²) in [7, 11) is 0. The maximum atomic E-state index is 12.1. The van der Waals surface area contributed by atoms with E-state index in [0.717, 1.165) is 24.8 Å². The molecule has 0 unspecified atom stereocenters. The number of amides is 1. The summed E-state index contributed by atoms with van der Waals surface area (Å²) in [5.41, 5.74) is 1.15. The first-order chi connectivity index (χ1) is 10.7. The molecule has 2 aromatic rings. The molecule has 2 N–H and O–H groups in total. The maximum absolute atomic E-state index is 12.1. The zero-order valence-corrected chi connectivity index (χ0v) is 12.4. The number of imidazole rings is 1. The van der Waals surface area contributed by atoms with Crippen LogP contribution in [0.3, 0.4) is 0 Å². The summed E-state index contributed by atoms with van der Waals surface area (Å²) in [6.07, 6.45) is 7.53. The van der Waals surface area contributed by atoms with E-state index in [0.29, 0.717) is 6.42 Å². The molecule has 1 fully saturated rings. The molecule has 1 saturated carbocycles. The minimum atomic E-state index is -0.560. The van der Waals surface area contributed by atoms with Crippen LogP contribution >= 0.6 is 0 Å². The van der Waals surface area contributed by atoms with Crippen molar-refractivity contribution in [2.75, 3.05) is 0 Å². The van der Waals surface area contributed by atoms with Gasteiger partial charge in [-0.15, -0.1) is 0 Å². The number of aromatic nitrogens is 2. The van der Waals surface area contributed by atoms with Gasteiger partial charge in [0.25, 0.3) is 0 Å². The molecule has 3 atom stereocenters. The molecule has 5 heteroatoms. The highest BCUT2D eigenvalue weighted by atomic mass is 16.3. The summed E-state index contributed by atoms with van der Waals surface area (Å²) in [6.45, 7) is 0. The standard InChI is InChI=1S/C17H21N3O2/c21-16(9-6-13-4-2-1-3-5-13)19-14-7-8-15(17(14)22)20-11-10-18-12-20/h1-5,10-12,14-15,17,22H,6-9H2,(H,19,21)/t14-,15-,17-/m1/s1. The number of hydrogen-bond donors (Lipinski definition) is 2. The molecule has 1 aliphatic carbocycles. The van der Waals surface area contributed by atoms with Crippen molar-refractivity contribution in [2.24, 2.45) is 0 Å². The van der Waals surface area contributed by atoms with Crippen molar-refractivity contribution in [3.8, 4) is 0 Å². The Bertz CT molecular complexity index is 598. The number of benzene rings is 1. The van der Waals surface area contributed by atoms with E-state index in [1.54, 1.807) is 12.5 Å². The molecule has 22 heavy (non-hydrogen) atoms. The van der Waals surface area contributed by atoms with Crippen LogP contribution in [0.25, 0.3) is 0 Å². The molecule has 0 spiro atoms. The van der Waals surface area contributed by atoms with Crippen molar-refractivity contribution in [1.29, 1.82) is 0 Å². The van der Waals surface area contributed by atoms with Crippen molar-refractivity contribution in [3.63, 3.8) is 0 Å². The molecule has 1 amide bonds. The van der Waals surface area contributed by atoms with Crippen LogP contribution in [0.5, 0.6) is 0 Å². The maximum Gasteiger partial charge on any atom is 0.220 e. The Morgan fingerprint density at radius 3 is 2.86 bits per heavy atom. The van der Waals surface area contributed by atoms with E-state index < -0.39 is 6.10 Å². The monoisotopic (exact) mass is 299 g/mol. The van der Waals surface area contributed by atoms with Crippen LogP contribution in [-0.4, -0.2) is 32.7 Å². The average molecular weight is 299 g/mol. The number of carbonyl (C=O) groups is 1. The fourth-order valence-electron chi connectivity index (χ4n) is 3.09. The number of aliphatic hydroxyl groups excluding tert-OH is 1. The molecule has 5 nitrogen and oxygen atoms in total. The second-order valence-electron chi connectivity index (χ2n) is 5.80. The lowest BCUT2D eigenvalue weighted by Crippen LogP contribution is -2.42. The van der Waals surface area contributed by atoms with Gasteiger partial charge in [-0.05, 0) is 24.8 Å². The van der Waals surface area contributed by atoms with Crippen LogP contribution < -0.4 is 5.32 Å². The van der Waals surface area contributed by atoms with Crippen molar-refractivity contribution in [3.05, 3.63) is 54.6 Å². The topological polar surface area (TPSA) is 67.2 Å². The van der Waals surface area contributed by atoms with Gasteiger partial charge in [0.05, 0.1) is 24.5 Å². The van der Waals surface area contributed by atoms with E-state index in [1.165, 1.54) is 0 Å². The van der Waals surface area contributed by atoms with Gasteiger partial charge in [-0.25, -0.2) is 4.98 Å². The molecule has 3 rings (SSSR count). The fraction of sp³-hybridized carbons (Fsp3) is 0.412. The molecule has 0 saturated heterocycles. The van der Waals surface area contributed by atoms with Crippen LogP contribution in [-0.2, 0) is 11.2 Å². The number of rotatable bonds is 5. The molecule has 1 heterocycles. The third-order valence-electron chi connectivity index (χ3n) is 4.32. The van der Waals surface area contributed by atoms with Gasteiger partial charge >= 0.3 is 0 Å². The lowest BCUT2D eigenvalue weighted by atomic mass is 10.1. The predicted octanol–water partition coefficient (Wildman–Crippen LogP) is 1.70. The van der Waals surface area contributed by atoms with Crippen LogP contribution in [0, 0.1) is 0 Å². The summed E-state index contributed by atoms with van der Waals surface area (Å²) in [4.78, 5) is 16.1. The van der Waals surface area contributed by atoms with Gasteiger partial charge in [-0.3, -0.25) is 4.79 Å². The van der Waals surface area contributed by atoms with Gasteiger partial charge in [-0.1, -0.05) is 30.3 Å². The Balaban J connectivity index is 1.50. The zero-order chi connectivity index (χ0) is 15.4. The molecule has 1 aromatic carbocycles. The molecule has 0 radical (unpaired) electrons. The summed E-state index contributed by atoms with van der Waals surface area (Å²) in [5.74, 6) is -0.000755. The Labute approximate surface area is 130 Å². The summed E-state index contributed by atoms with van der Waals surface area (Å²) < 4.78 is 1.92. The molecule has 0 aliphatic heterocycles. The second-order valence-corrected chi connectivity index (χ2v) is 5.80. The molecular formula is C17H21N3O2. The van der Waals surface area contributed by atoms with Gasteiger partial charge in [0, 0.05) is 18.8 Å². The summed E-state index contributed by atoms with van der Waals surface area (Å²) in [6, 6.07) is 9.79.